The van der Waals surface area contributed by atoms with Crippen LogP contribution in [0.25, 0.3) is 0 Å². The van der Waals surface area contributed by atoms with Crippen molar-refractivity contribution >= 4 is 15.4 Å². The van der Waals surface area contributed by atoms with Gasteiger partial charge in [0.05, 0.1) is 15.4 Å². The minimum Gasteiger partial charge on any atom is -0.451 e. The van der Waals surface area contributed by atoms with E-state index in [9.17, 15) is 4.79 Å². The topological polar surface area (TPSA) is 26.3 Å². The SMILES string of the molecule is CCCCCC1CC1C(=O)OP. The molecule has 0 saturated heterocycles. The van der Waals surface area contributed by atoms with Gasteiger partial charge in [-0.3, -0.25) is 4.79 Å². The van der Waals surface area contributed by atoms with Gasteiger partial charge in [-0.05, 0) is 18.8 Å². The van der Waals surface area contributed by atoms with Crippen molar-refractivity contribution in [2.24, 2.45) is 11.8 Å². The molecule has 2 nitrogen and oxygen atoms in total. The molecule has 0 aromatic carbocycles. The number of carbonyl (C=O) groups is 1. The summed E-state index contributed by atoms with van der Waals surface area (Å²) in [5.41, 5.74) is 0. The Morgan fingerprint density at radius 2 is 2.33 bits per heavy atom. The van der Waals surface area contributed by atoms with Crippen LogP contribution in [0.15, 0.2) is 0 Å². The maximum Gasteiger partial charge on any atom is 0.311 e. The van der Waals surface area contributed by atoms with Crippen LogP contribution in [-0.4, -0.2) is 5.97 Å². The minimum atomic E-state index is -0.0403. The van der Waals surface area contributed by atoms with Gasteiger partial charge in [0.15, 0.2) is 0 Å². The molecule has 1 aliphatic carbocycles. The first-order valence-corrected chi connectivity index (χ1v) is 5.17. The second-order valence-corrected chi connectivity index (χ2v) is 3.77. The molecule has 12 heavy (non-hydrogen) atoms. The molecule has 0 bridgehead atoms. The van der Waals surface area contributed by atoms with E-state index in [0.29, 0.717) is 5.92 Å². The maximum atomic E-state index is 11.0. The van der Waals surface area contributed by atoms with Gasteiger partial charge in [0.25, 0.3) is 0 Å². The van der Waals surface area contributed by atoms with E-state index in [1.54, 1.807) is 0 Å². The van der Waals surface area contributed by atoms with Gasteiger partial charge < -0.3 is 4.52 Å². The smallest absolute Gasteiger partial charge is 0.311 e. The van der Waals surface area contributed by atoms with Crippen molar-refractivity contribution in [3.63, 3.8) is 0 Å². The average molecular weight is 188 g/mol. The molecule has 70 valence electrons. The number of hydrogen-bond acceptors (Lipinski definition) is 2. The summed E-state index contributed by atoms with van der Waals surface area (Å²) in [7, 11) is 2.03. The standard InChI is InChI=1S/C9H17O2P/c1-2-3-4-5-7-6-8(7)9(10)11-12/h7-8H,2-6,12H2,1H3. The fourth-order valence-electron chi connectivity index (χ4n) is 1.60. The number of unbranched alkanes of at least 4 members (excludes halogenated alkanes) is 2. The maximum absolute atomic E-state index is 11.0. The van der Waals surface area contributed by atoms with Crippen LogP contribution in [0.1, 0.15) is 39.0 Å². The second kappa shape index (κ2) is 4.81. The quantitative estimate of drug-likeness (QED) is 0.489. The molecule has 0 amide bonds. The highest BCUT2D eigenvalue weighted by Crippen LogP contribution is 2.43. The van der Waals surface area contributed by atoms with Crippen LogP contribution in [-0.2, 0) is 9.32 Å². The fourth-order valence-corrected chi connectivity index (χ4v) is 1.77. The molecule has 1 fully saturated rings. The van der Waals surface area contributed by atoms with Crippen LogP contribution < -0.4 is 0 Å². The summed E-state index contributed by atoms with van der Waals surface area (Å²) in [5.74, 6) is 0.811. The Bertz CT molecular complexity index is 159. The molecule has 1 saturated carbocycles. The van der Waals surface area contributed by atoms with E-state index in [-0.39, 0.29) is 11.9 Å². The highest BCUT2D eigenvalue weighted by Gasteiger charge is 2.42. The lowest BCUT2D eigenvalue weighted by molar-refractivity contribution is -0.135. The first-order chi connectivity index (χ1) is 5.79. The Morgan fingerprint density at radius 3 is 2.92 bits per heavy atom. The van der Waals surface area contributed by atoms with E-state index in [4.69, 9.17) is 0 Å². The van der Waals surface area contributed by atoms with E-state index in [1.807, 2.05) is 9.47 Å². The molecule has 1 aliphatic rings. The third kappa shape index (κ3) is 2.75. The Hall–Kier alpha value is -0.100. The summed E-state index contributed by atoms with van der Waals surface area (Å²) >= 11 is 0. The highest BCUT2D eigenvalue weighted by atomic mass is 31.0. The van der Waals surface area contributed by atoms with Crippen molar-refractivity contribution in [3.05, 3.63) is 0 Å². The van der Waals surface area contributed by atoms with Gasteiger partial charge in [-0.25, -0.2) is 0 Å². The first-order valence-electron chi connectivity index (χ1n) is 4.70. The molecular weight excluding hydrogens is 171 g/mol. The van der Waals surface area contributed by atoms with Gasteiger partial charge >= 0.3 is 5.97 Å². The van der Waals surface area contributed by atoms with Crippen molar-refractivity contribution in [2.75, 3.05) is 0 Å². The van der Waals surface area contributed by atoms with Crippen molar-refractivity contribution < 1.29 is 9.32 Å². The van der Waals surface area contributed by atoms with E-state index in [2.05, 4.69) is 11.4 Å². The largest absolute Gasteiger partial charge is 0.451 e. The lowest BCUT2D eigenvalue weighted by Gasteiger charge is -1.97. The highest BCUT2D eigenvalue weighted by molar-refractivity contribution is 7.10. The van der Waals surface area contributed by atoms with Crippen LogP contribution in [0.4, 0.5) is 0 Å². The third-order valence-corrected chi connectivity index (χ3v) is 2.75. The molecule has 3 heteroatoms. The lowest BCUT2D eigenvalue weighted by atomic mass is 10.1. The third-order valence-electron chi connectivity index (χ3n) is 2.52. The number of hydrogen-bond donors (Lipinski definition) is 0. The van der Waals surface area contributed by atoms with Crippen LogP contribution in [0.3, 0.4) is 0 Å². The number of rotatable bonds is 5. The Kier molecular flexibility index (Phi) is 4.00. The van der Waals surface area contributed by atoms with Gasteiger partial charge in [-0.1, -0.05) is 26.2 Å². The van der Waals surface area contributed by atoms with E-state index < -0.39 is 0 Å². The first kappa shape index (κ1) is 9.98. The minimum absolute atomic E-state index is 0.0403. The molecule has 1 rings (SSSR count). The molecule has 3 unspecified atom stereocenters. The zero-order valence-electron chi connectivity index (χ0n) is 7.58. The van der Waals surface area contributed by atoms with E-state index in [1.165, 1.54) is 25.7 Å². The van der Waals surface area contributed by atoms with Crippen LogP contribution >= 0.6 is 9.47 Å². The molecular formula is C9H17O2P. The molecule has 0 radical (unpaired) electrons. The number of carbonyl (C=O) groups excluding carboxylic acids is 1. The molecule has 0 aromatic heterocycles. The van der Waals surface area contributed by atoms with Crippen molar-refractivity contribution in [2.45, 2.75) is 39.0 Å². The summed E-state index contributed by atoms with van der Waals surface area (Å²) in [4.78, 5) is 11.0. The molecule has 0 N–H and O–H groups in total. The second-order valence-electron chi connectivity index (χ2n) is 3.53. The zero-order chi connectivity index (χ0) is 8.97. The summed E-state index contributed by atoms with van der Waals surface area (Å²) in [6.45, 7) is 2.20. The van der Waals surface area contributed by atoms with E-state index >= 15 is 0 Å². The summed E-state index contributed by atoms with van der Waals surface area (Å²) in [6.07, 6.45) is 6.07. The van der Waals surface area contributed by atoms with Gasteiger partial charge in [0, 0.05) is 0 Å². The summed E-state index contributed by atoms with van der Waals surface area (Å²) in [6, 6.07) is 0. The molecule has 0 aromatic rings. The monoisotopic (exact) mass is 188 g/mol. The Morgan fingerprint density at radius 1 is 1.58 bits per heavy atom. The average Bonchev–Trinajstić information content (AvgIpc) is 2.83. The summed E-state index contributed by atoms with van der Waals surface area (Å²) < 4.78 is 4.59. The van der Waals surface area contributed by atoms with Crippen LogP contribution in [0.2, 0.25) is 0 Å². The van der Waals surface area contributed by atoms with Gasteiger partial charge in [-0.15, -0.1) is 0 Å². The fraction of sp³-hybridized carbons (Fsp3) is 0.889. The lowest BCUT2D eigenvalue weighted by Crippen LogP contribution is -2.00. The molecule has 0 heterocycles. The molecule has 3 atom stereocenters. The van der Waals surface area contributed by atoms with E-state index in [0.717, 1.165) is 6.42 Å². The van der Waals surface area contributed by atoms with Crippen molar-refractivity contribution in [1.82, 2.24) is 0 Å². The predicted molar refractivity (Wildman–Crippen MR) is 51.5 cm³/mol. The Labute approximate surface area is 76.3 Å². The van der Waals surface area contributed by atoms with Crippen molar-refractivity contribution in [1.29, 1.82) is 0 Å². The normalized spacial score (nSPS) is 26.8. The summed E-state index contributed by atoms with van der Waals surface area (Å²) in [5, 5.41) is 0. The van der Waals surface area contributed by atoms with Gasteiger partial charge in [0.2, 0.25) is 0 Å². The van der Waals surface area contributed by atoms with Crippen LogP contribution in [0.5, 0.6) is 0 Å². The van der Waals surface area contributed by atoms with Gasteiger partial charge in [-0.2, -0.15) is 0 Å². The Balaban J connectivity index is 2.04. The predicted octanol–water partition coefficient (Wildman–Crippen LogP) is 2.54. The molecule has 0 spiro atoms. The van der Waals surface area contributed by atoms with Crippen molar-refractivity contribution in [3.8, 4) is 0 Å². The molecule has 0 aliphatic heterocycles. The zero-order valence-corrected chi connectivity index (χ0v) is 8.74. The van der Waals surface area contributed by atoms with Gasteiger partial charge in [0.1, 0.15) is 0 Å². The van der Waals surface area contributed by atoms with Crippen LogP contribution in [0, 0.1) is 11.8 Å².